The molecule has 0 saturated carbocycles. The average Bonchev–Trinajstić information content (AvgIpc) is 1.57. The van der Waals surface area contributed by atoms with E-state index in [1.165, 1.54) is 0 Å². The van der Waals surface area contributed by atoms with Crippen molar-refractivity contribution >= 4 is 79.9 Å². The summed E-state index contributed by atoms with van der Waals surface area (Å²) in [4.78, 5) is 0. The monoisotopic (exact) mass is 260 g/mol. The standard InChI is InChI=1S/2Na.H2O8S2.H2O.2H/c;;1-9(2,3)7-8-10(4,5)6;;;/h;;(H,1,2,3)(H,4,5,6);1H2;;. The number of hydrogen-bond donors (Lipinski definition) is 2. The zero-order valence-electron chi connectivity index (χ0n) is 4.66. The molecule has 13 heteroatoms. The second-order valence-corrected chi connectivity index (χ2v) is 2.97. The van der Waals surface area contributed by atoms with Crippen LogP contribution >= 0.6 is 0 Å². The van der Waals surface area contributed by atoms with Crippen LogP contribution in [0.4, 0.5) is 0 Å². The SMILES string of the molecule is O.O=S(=O)(O)OOS(=O)(=O)O.[NaH].[NaH]. The van der Waals surface area contributed by atoms with Gasteiger partial charge in [-0.25, -0.2) is 0 Å². The molecule has 0 saturated heterocycles. The zero-order chi connectivity index (χ0) is 8.41. The molecule has 0 aliphatic heterocycles. The third kappa shape index (κ3) is 24.8. The summed E-state index contributed by atoms with van der Waals surface area (Å²) in [6.07, 6.45) is 0. The van der Waals surface area contributed by atoms with Crippen LogP contribution in [-0.4, -0.2) is 90.5 Å². The van der Waals surface area contributed by atoms with Crippen molar-refractivity contribution in [3.05, 3.63) is 0 Å². The predicted octanol–water partition coefficient (Wildman–Crippen LogP) is -3.58. The van der Waals surface area contributed by atoms with Gasteiger partial charge in [0.25, 0.3) is 0 Å². The summed E-state index contributed by atoms with van der Waals surface area (Å²) >= 11 is 0. The van der Waals surface area contributed by atoms with Crippen molar-refractivity contribution in [1.82, 2.24) is 0 Å². The third-order valence-electron chi connectivity index (χ3n) is 0.200. The van der Waals surface area contributed by atoms with Crippen molar-refractivity contribution in [3.8, 4) is 0 Å². The first-order valence-electron chi connectivity index (χ1n) is 1.53. The van der Waals surface area contributed by atoms with Crippen LogP contribution in [0, 0.1) is 0 Å². The van der Waals surface area contributed by atoms with Gasteiger partial charge in [0.2, 0.25) is 0 Å². The van der Waals surface area contributed by atoms with E-state index in [2.05, 4.69) is 8.67 Å². The van der Waals surface area contributed by atoms with Gasteiger partial charge >= 0.3 is 79.9 Å². The van der Waals surface area contributed by atoms with Crippen LogP contribution in [0.2, 0.25) is 0 Å². The van der Waals surface area contributed by atoms with Gasteiger partial charge in [0, 0.05) is 0 Å². The summed E-state index contributed by atoms with van der Waals surface area (Å²) in [5, 5.41) is 0. The molecule has 0 aliphatic rings. The van der Waals surface area contributed by atoms with Crippen LogP contribution in [-0.2, 0) is 29.5 Å². The molecule has 0 aliphatic carbocycles. The fraction of sp³-hybridized carbons (Fsp3) is 0. The van der Waals surface area contributed by atoms with E-state index in [1.807, 2.05) is 0 Å². The van der Waals surface area contributed by atoms with Crippen molar-refractivity contribution < 1.29 is 40.1 Å². The van der Waals surface area contributed by atoms with Gasteiger partial charge in [0.05, 0.1) is 0 Å². The van der Waals surface area contributed by atoms with Gasteiger partial charge in [-0.1, -0.05) is 8.67 Å². The Morgan fingerprint density at radius 3 is 1.00 bits per heavy atom. The van der Waals surface area contributed by atoms with E-state index in [0.717, 1.165) is 0 Å². The summed E-state index contributed by atoms with van der Waals surface area (Å²) in [5.41, 5.74) is 0. The second kappa shape index (κ2) is 8.96. The Bertz CT molecular complexity index is 252. The molecule has 0 aromatic carbocycles. The van der Waals surface area contributed by atoms with E-state index in [0.29, 0.717) is 0 Å². The van der Waals surface area contributed by atoms with Crippen LogP contribution in [0.5, 0.6) is 0 Å². The van der Waals surface area contributed by atoms with Gasteiger partial charge < -0.3 is 5.48 Å². The van der Waals surface area contributed by atoms with Gasteiger partial charge in [-0.2, -0.15) is 16.8 Å². The molecular weight excluding hydrogens is 254 g/mol. The van der Waals surface area contributed by atoms with Crippen molar-refractivity contribution in [2.45, 2.75) is 0 Å². The van der Waals surface area contributed by atoms with E-state index in [4.69, 9.17) is 9.11 Å². The summed E-state index contributed by atoms with van der Waals surface area (Å²) in [7, 11) is -10.0. The molecule has 0 aromatic heterocycles. The third-order valence-corrected chi connectivity index (χ3v) is 0.766. The van der Waals surface area contributed by atoms with Crippen molar-refractivity contribution in [2.24, 2.45) is 0 Å². The molecule has 0 heterocycles. The second-order valence-electron chi connectivity index (χ2n) is 0.992. The van der Waals surface area contributed by atoms with Crippen molar-refractivity contribution in [2.75, 3.05) is 0 Å². The van der Waals surface area contributed by atoms with Crippen LogP contribution in [0.15, 0.2) is 0 Å². The molecule has 0 amide bonds. The Balaban J connectivity index is -0.000000135. The normalized spacial score (nSPS) is 10.3. The first kappa shape index (κ1) is 24.1. The maximum absolute atomic E-state index is 9.51. The quantitative estimate of drug-likeness (QED) is 0.228. The van der Waals surface area contributed by atoms with Crippen LogP contribution in [0.1, 0.15) is 0 Å². The average molecular weight is 260 g/mol. The molecule has 74 valence electrons. The van der Waals surface area contributed by atoms with E-state index >= 15 is 0 Å². The van der Waals surface area contributed by atoms with Gasteiger partial charge in [-0.05, 0) is 0 Å². The fourth-order valence-corrected chi connectivity index (χ4v) is 0.632. The number of hydrogen-bond acceptors (Lipinski definition) is 6. The molecule has 0 rings (SSSR count). The van der Waals surface area contributed by atoms with E-state index < -0.39 is 20.8 Å². The fourth-order valence-electron chi connectivity index (χ4n) is 0.0702. The molecule has 4 N–H and O–H groups in total. The van der Waals surface area contributed by atoms with Gasteiger partial charge in [-0.3, -0.25) is 9.11 Å². The maximum atomic E-state index is 9.51. The predicted molar refractivity (Wildman–Crippen MR) is 43.2 cm³/mol. The molecule has 9 nitrogen and oxygen atoms in total. The zero-order valence-corrected chi connectivity index (χ0v) is 6.29. The molecule has 0 atom stereocenters. The Morgan fingerprint density at radius 1 is 0.769 bits per heavy atom. The van der Waals surface area contributed by atoms with E-state index in [-0.39, 0.29) is 64.6 Å². The molecular formula is H6Na2O9S2. The van der Waals surface area contributed by atoms with E-state index in [9.17, 15) is 16.8 Å². The Labute approximate surface area is 119 Å². The summed E-state index contributed by atoms with van der Waals surface area (Å²) in [6, 6.07) is 0. The molecule has 0 spiro atoms. The topological polar surface area (TPSA) is 159 Å². The first-order valence-corrected chi connectivity index (χ1v) is 4.26. The van der Waals surface area contributed by atoms with Crippen LogP contribution in [0.25, 0.3) is 0 Å². The minimum atomic E-state index is -5.02. The minimum absolute atomic E-state index is 0. The molecule has 0 unspecified atom stereocenters. The summed E-state index contributed by atoms with van der Waals surface area (Å²) in [6.45, 7) is 0. The van der Waals surface area contributed by atoms with Crippen molar-refractivity contribution in [3.63, 3.8) is 0 Å². The summed E-state index contributed by atoms with van der Waals surface area (Å²) in [5.74, 6) is 0. The van der Waals surface area contributed by atoms with Gasteiger partial charge in [0.15, 0.2) is 0 Å². The summed E-state index contributed by atoms with van der Waals surface area (Å²) < 4.78 is 58.9. The number of rotatable bonds is 3. The molecule has 13 heavy (non-hydrogen) atoms. The first-order chi connectivity index (χ1) is 4.21. The molecule has 0 aromatic rings. The molecule has 0 radical (unpaired) electrons. The van der Waals surface area contributed by atoms with Crippen LogP contribution < -0.4 is 0 Å². The Hall–Kier alpha value is 1.70. The Kier molecular flexibility index (Phi) is 16.6. The van der Waals surface area contributed by atoms with Crippen LogP contribution in [0.3, 0.4) is 0 Å². The molecule has 0 bridgehead atoms. The molecule has 0 fully saturated rings. The van der Waals surface area contributed by atoms with E-state index in [1.54, 1.807) is 0 Å². The van der Waals surface area contributed by atoms with Gasteiger partial charge in [0.1, 0.15) is 0 Å². The van der Waals surface area contributed by atoms with Crippen molar-refractivity contribution in [1.29, 1.82) is 0 Å². The van der Waals surface area contributed by atoms with Gasteiger partial charge in [-0.15, -0.1) is 0 Å². The Morgan fingerprint density at radius 2 is 0.923 bits per heavy atom.